The third-order valence-electron chi connectivity index (χ3n) is 5.85. The summed E-state index contributed by atoms with van der Waals surface area (Å²) in [6.07, 6.45) is -2.73. The predicted molar refractivity (Wildman–Crippen MR) is 104 cm³/mol. The minimum Gasteiger partial charge on any atom is -0.345 e. The number of amides is 2. The van der Waals surface area contributed by atoms with Gasteiger partial charge in [0.2, 0.25) is 11.8 Å². The zero-order valence-corrected chi connectivity index (χ0v) is 16.1. The van der Waals surface area contributed by atoms with E-state index in [9.17, 15) is 22.8 Å². The molecule has 30 heavy (non-hydrogen) atoms. The maximum Gasteiger partial charge on any atom is 0.416 e. The fraction of sp³-hybridized carbons (Fsp3) is 0.364. The van der Waals surface area contributed by atoms with Crippen molar-refractivity contribution in [1.29, 1.82) is 0 Å². The maximum absolute atomic E-state index is 13.0. The molecule has 0 spiro atoms. The topological polar surface area (TPSA) is 70.2 Å². The van der Waals surface area contributed by atoms with E-state index in [1.54, 1.807) is 0 Å². The number of rotatable bonds is 4. The fourth-order valence-corrected chi connectivity index (χ4v) is 4.02. The van der Waals surface area contributed by atoms with E-state index in [0.717, 1.165) is 24.1 Å². The highest BCUT2D eigenvalue weighted by molar-refractivity contribution is 5.90. The molecule has 3 N–H and O–H groups in total. The molecule has 2 aromatic carbocycles. The molecule has 2 aromatic rings. The molecule has 0 radical (unpaired) electrons. The van der Waals surface area contributed by atoms with Crippen LogP contribution < -0.4 is 16.0 Å². The van der Waals surface area contributed by atoms with Gasteiger partial charge in [-0.3, -0.25) is 14.9 Å². The van der Waals surface area contributed by atoms with Gasteiger partial charge in [-0.15, -0.1) is 0 Å². The van der Waals surface area contributed by atoms with Gasteiger partial charge in [0, 0.05) is 0 Å². The van der Waals surface area contributed by atoms with Crippen molar-refractivity contribution in [2.45, 2.75) is 49.6 Å². The summed E-state index contributed by atoms with van der Waals surface area (Å²) in [6.45, 7) is 0. The van der Waals surface area contributed by atoms with Crippen LogP contribution in [-0.4, -0.2) is 17.9 Å². The Kier molecular flexibility index (Phi) is 5.27. The van der Waals surface area contributed by atoms with Crippen LogP contribution in [0.15, 0.2) is 54.6 Å². The van der Waals surface area contributed by atoms with Crippen molar-refractivity contribution in [1.82, 2.24) is 16.0 Å². The minimum atomic E-state index is -4.40. The molecule has 158 valence electrons. The first-order valence-electron chi connectivity index (χ1n) is 9.87. The lowest BCUT2D eigenvalue weighted by molar-refractivity contribution is -0.137. The Hall–Kier alpha value is -2.87. The molecule has 2 atom stereocenters. The van der Waals surface area contributed by atoms with Gasteiger partial charge in [-0.1, -0.05) is 42.5 Å². The van der Waals surface area contributed by atoms with Crippen LogP contribution in [0.5, 0.6) is 0 Å². The first-order valence-corrected chi connectivity index (χ1v) is 9.87. The molecule has 1 saturated carbocycles. The van der Waals surface area contributed by atoms with Gasteiger partial charge >= 0.3 is 6.18 Å². The molecule has 1 saturated heterocycles. The second-order valence-corrected chi connectivity index (χ2v) is 7.83. The monoisotopic (exact) mass is 417 g/mol. The lowest BCUT2D eigenvalue weighted by Gasteiger charge is -2.44. The van der Waals surface area contributed by atoms with Gasteiger partial charge in [0.25, 0.3) is 0 Å². The molecule has 1 heterocycles. The second kappa shape index (κ2) is 7.75. The number of hydrogen-bond donors (Lipinski definition) is 3. The number of carbonyl (C=O) groups excluding carboxylic acids is 2. The number of benzene rings is 2. The first-order chi connectivity index (χ1) is 14.3. The van der Waals surface area contributed by atoms with E-state index < -0.39 is 29.5 Å². The predicted octanol–water partition coefficient (Wildman–Crippen LogP) is 3.38. The van der Waals surface area contributed by atoms with Gasteiger partial charge < -0.3 is 10.6 Å². The number of halogens is 3. The fourth-order valence-electron chi connectivity index (χ4n) is 4.02. The summed E-state index contributed by atoms with van der Waals surface area (Å²) in [4.78, 5) is 25.2. The van der Waals surface area contributed by atoms with Crippen molar-refractivity contribution >= 4 is 11.8 Å². The standard InChI is InChI=1S/C22H22F3N3O2/c23-22(24,25)16-9-7-15(8-10-16)21(11-4-12-21)28-20(30)17-13-18(29)27-19(26-17)14-5-2-1-3-6-14/h1-3,5-10,17,19,26H,4,11-13H2,(H,27,29)(H,28,30). The van der Waals surface area contributed by atoms with Crippen molar-refractivity contribution < 1.29 is 22.8 Å². The number of nitrogens with one attached hydrogen (secondary N) is 3. The van der Waals surface area contributed by atoms with Gasteiger partial charge in [0.15, 0.2) is 0 Å². The van der Waals surface area contributed by atoms with Gasteiger partial charge in [0.1, 0.15) is 6.17 Å². The molecule has 8 heteroatoms. The Labute approximate surface area is 172 Å². The van der Waals surface area contributed by atoms with Crippen molar-refractivity contribution in [3.05, 3.63) is 71.3 Å². The highest BCUT2D eigenvalue weighted by Gasteiger charge is 2.43. The van der Waals surface area contributed by atoms with E-state index in [-0.39, 0.29) is 18.2 Å². The van der Waals surface area contributed by atoms with Crippen molar-refractivity contribution in [2.24, 2.45) is 0 Å². The Morgan fingerprint density at radius 2 is 1.70 bits per heavy atom. The molecule has 1 aliphatic heterocycles. The van der Waals surface area contributed by atoms with E-state index in [1.807, 2.05) is 30.3 Å². The molecule has 0 bridgehead atoms. The Morgan fingerprint density at radius 1 is 1.03 bits per heavy atom. The van der Waals surface area contributed by atoms with E-state index in [0.29, 0.717) is 18.4 Å². The zero-order chi connectivity index (χ0) is 21.4. The second-order valence-electron chi connectivity index (χ2n) is 7.83. The summed E-state index contributed by atoms with van der Waals surface area (Å²) in [5.74, 6) is -0.565. The average Bonchev–Trinajstić information content (AvgIpc) is 2.70. The van der Waals surface area contributed by atoms with Crippen LogP contribution in [0, 0.1) is 0 Å². The molecular formula is C22H22F3N3O2. The van der Waals surface area contributed by atoms with Crippen LogP contribution >= 0.6 is 0 Å². The number of hydrogen-bond acceptors (Lipinski definition) is 3. The molecule has 4 rings (SSSR count). The van der Waals surface area contributed by atoms with Crippen molar-refractivity contribution in [2.75, 3.05) is 0 Å². The van der Waals surface area contributed by atoms with Crippen LogP contribution in [0.25, 0.3) is 0 Å². The number of carbonyl (C=O) groups is 2. The van der Waals surface area contributed by atoms with Crippen LogP contribution in [0.1, 0.15) is 48.5 Å². The summed E-state index contributed by atoms with van der Waals surface area (Å²) in [7, 11) is 0. The molecular weight excluding hydrogens is 395 g/mol. The van der Waals surface area contributed by atoms with Gasteiger partial charge in [-0.05, 0) is 42.5 Å². The normalized spacial score (nSPS) is 23.2. The van der Waals surface area contributed by atoms with E-state index in [4.69, 9.17) is 0 Å². The lowest BCUT2D eigenvalue weighted by atomic mass is 9.71. The summed E-state index contributed by atoms with van der Waals surface area (Å²) >= 11 is 0. The van der Waals surface area contributed by atoms with E-state index in [2.05, 4.69) is 16.0 Å². The molecule has 0 aromatic heterocycles. The maximum atomic E-state index is 13.0. The summed E-state index contributed by atoms with van der Waals surface area (Å²) in [6, 6.07) is 13.5. The highest BCUT2D eigenvalue weighted by atomic mass is 19.4. The third kappa shape index (κ3) is 4.05. The molecule has 2 amide bonds. The van der Waals surface area contributed by atoms with Crippen LogP contribution in [0.3, 0.4) is 0 Å². The minimum absolute atomic E-state index is 0.00173. The van der Waals surface area contributed by atoms with Crippen LogP contribution in [0.4, 0.5) is 13.2 Å². The van der Waals surface area contributed by atoms with E-state index in [1.165, 1.54) is 12.1 Å². The zero-order valence-electron chi connectivity index (χ0n) is 16.1. The molecule has 1 aliphatic carbocycles. The molecule has 2 unspecified atom stereocenters. The largest absolute Gasteiger partial charge is 0.416 e. The van der Waals surface area contributed by atoms with Crippen molar-refractivity contribution in [3.63, 3.8) is 0 Å². The third-order valence-corrected chi connectivity index (χ3v) is 5.85. The Bertz CT molecular complexity index is 925. The Morgan fingerprint density at radius 3 is 2.27 bits per heavy atom. The Balaban J connectivity index is 1.49. The van der Waals surface area contributed by atoms with E-state index >= 15 is 0 Å². The molecule has 2 fully saturated rings. The van der Waals surface area contributed by atoms with Crippen molar-refractivity contribution in [3.8, 4) is 0 Å². The van der Waals surface area contributed by atoms with Crippen LogP contribution in [0.2, 0.25) is 0 Å². The van der Waals surface area contributed by atoms with Gasteiger partial charge in [0.05, 0.1) is 23.6 Å². The quantitative estimate of drug-likeness (QED) is 0.714. The SMILES string of the molecule is O=C1CC(C(=O)NC2(c3ccc(C(F)(F)F)cc3)CCC2)NC(c2ccccc2)N1. The highest BCUT2D eigenvalue weighted by Crippen LogP contribution is 2.42. The lowest BCUT2D eigenvalue weighted by Crippen LogP contribution is -2.60. The summed E-state index contributed by atoms with van der Waals surface area (Å²) in [5.41, 5.74) is 0.0711. The molecule has 5 nitrogen and oxygen atoms in total. The smallest absolute Gasteiger partial charge is 0.345 e. The molecule has 2 aliphatic rings. The number of alkyl halides is 3. The summed E-state index contributed by atoms with van der Waals surface area (Å²) < 4.78 is 38.6. The average molecular weight is 417 g/mol. The van der Waals surface area contributed by atoms with Crippen LogP contribution in [-0.2, 0) is 21.3 Å². The summed E-state index contributed by atoms with van der Waals surface area (Å²) in [5, 5.41) is 8.99. The van der Waals surface area contributed by atoms with Gasteiger partial charge in [-0.25, -0.2) is 0 Å². The first kappa shape index (κ1) is 20.4. The van der Waals surface area contributed by atoms with Gasteiger partial charge in [-0.2, -0.15) is 13.2 Å².